The highest BCUT2D eigenvalue weighted by atomic mass is 16.3. The summed E-state index contributed by atoms with van der Waals surface area (Å²) in [5, 5.41) is 43.9. The lowest BCUT2D eigenvalue weighted by Gasteiger charge is -2.27. The molecule has 0 aliphatic carbocycles. The first-order valence-corrected chi connectivity index (χ1v) is 28.7. The Morgan fingerprint density at radius 2 is 0.641 bits per heavy atom. The molecule has 0 rings (SSSR count). The van der Waals surface area contributed by atoms with Gasteiger partial charge in [0.1, 0.15) is 12.2 Å². The van der Waals surface area contributed by atoms with E-state index in [1.54, 1.807) is 0 Å². The van der Waals surface area contributed by atoms with Crippen molar-refractivity contribution >= 4 is 5.91 Å². The molecule has 6 nitrogen and oxygen atoms in total. The SMILES string of the molecule is CCCCCCCCCC/C=C\CCCCCCCCC(O)C(=O)NC(CO)C(O)C(O)CCC/C=C/CCCCCCCCCCCCCCCCCCCCCCCCCCC. The van der Waals surface area contributed by atoms with Crippen molar-refractivity contribution in [3.05, 3.63) is 24.3 Å². The molecule has 380 valence electrons. The van der Waals surface area contributed by atoms with Gasteiger partial charge in [0.15, 0.2) is 0 Å². The third-order valence-electron chi connectivity index (χ3n) is 13.6. The van der Waals surface area contributed by atoms with Crippen molar-refractivity contribution in [1.82, 2.24) is 5.32 Å². The van der Waals surface area contributed by atoms with Gasteiger partial charge in [-0.05, 0) is 64.2 Å². The summed E-state index contributed by atoms with van der Waals surface area (Å²) in [4.78, 5) is 12.6. The number of allylic oxidation sites excluding steroid dienone is 4. The molecule has 0 aromatic heterocycles. The van der Waals surface area contributed by atoms with Gasteiger partial charge in [-0.1, -0.05) is 269 Å². The molecule has 0 fully saturated rings. The fourth-order valence-corrected chi connectivity index (χ4v) is 9.11. The Morgan fingerprint density at radius 3 is 0.938 bits per heavy atom. The van der Waals surface area contributed by atoms with Crippen LogP contribution in [0, 0.1) is 0 Å². The first kappa shape index (κ1) is 62.8. The van der Waals surface area contributed by atoms with Crippen LogP contribution in [0.5, 0.6) is 0 Å². The van der Waals surface area contributed by atoms with Gasteiger partial charge in [-0.2, -0.15) is 0 Å². The summed E-state index contributed by atoms with van der Waals surface area (Å²) in [5.74, 6) is -0.595. The van der Waals surface area contributed by atoms with Crippen LogP contribution in [0.3, 0.4) is 0 Å². The van der Waals surface area contributed by atoms with Crippen molar-refractivity contribution in [2.45, 2.75) is 334 Å². The maximum Gasteiger partial charge on any atom is 0.249 e. The van der Waals surface area contributed by atoms with Crippen LogP contribution in [0.25, 0.3) is 0 Å². The average molecular weight is 905 g/mol. The van der Waals surface area contributed by atoms with Gasteiger partial charge in [-0.25, -0.2) is 0 Å². The van der Waals surface area contributed by atoms with Gasteiger partial charge < -0.3 is 25.7 Å². The first-order chi connectivity index (χ1) is 31.5. The Labute approximate surface area is 399 Å². The molecule has 64 heavy (non-hydrogen) atoms. The largest absolute Gasteiger partial charge is 0.394 e. The normalized spacial score (nSPS) is 13.9. The lowest BCUT2D eigenvalue weighted by Crippen LogP contribution is -2.53. The summed E-state index contributed by atoms with van der Waals surface area (Å²) in [6, 6.07) is -1.00. The number of unbranched alkanes of at least 4 members (excludes halogenated alkanes) is 40. The Hall–Kier alpha value is -1.21. The maximum absolute atomic E-state index is 12.6. The van der Waals surface area contributed by atoms with Gasteiger partial charge in [0.05, 0.1) is 18.8 Å². The Balaban J connectivity index is 3.62. The van der Waals surface area contributed by atoms with Crippen molar-refractivity contribution in [1.29, 1.82) is 0 Å². The van der Waals surface area contributed by atoms with E-state index in [-0.39, 0.29) is 0 Å². The summed E-state index contributed by atoms with van der Waals surface area (Å²) in [7, 11) is 0. The zero-order valence-electron chi connectivity index (χ0n) is 43.0. The monoisotopic (exact) mass is 904 g/mol. The number of carbonyl (C=O) groups is 1. The van der Waals surface area contributed by atoms with Crippen LogP contribution < -0.4 is 5.32 Å². The fourth-order valence-electron chi connectivity index (χ4n) is 9.11. The summed E-state index contributed by atoms with van der Waals surface area (Å²) in [5.41, 5.74) is 0. The van der Waals surface area contributed by atoms with Crippen molar-refractivity contribution in [3.8, 4) is 0 Å². The molecule has 0 radical (unpaired) electrons. The number of rotatable bonds is 53. The molecule has 0 aromatic rings. The predicted molar refractivity (Wildman–Crippen MR) is 279 cm³/mol. The zero-order chi connectivity index (χ0) is 46.7. The van der Waals surface area contributed by atoms with Crippen LogP contribution in [0.2, 0.25) is 0 Å². The summed E-state index contributed by atoms with van der Waals surface area (Å²) in [6.07, 6.45) is 64.0. The number of hydrogen-bond acceptors (Lipinski definition) is 5. The predicted octanol–water partition coefficient (Wildman–Crippen LogP) is 16.6. The molecule has 0 saturated heterocycles. The second-order valence-electron chi connectivity index (χ2n) is 20.0. The average Bonchev–Trinajstić information content (AvgIpc) is 3.30. The highest BCUT2D eigenvalue weighted by Crippen LogP contribution is 2.18. The molecule has 0 saturated carbocycles. The minimum Gasteiger partial charge on any atom is -0.394 e. The van der Waals surface area contributed by atoms with E-state index in [0.717, 1.165) is 44.9 Å². The second kappa shape index (κ2) is 52.8. The summed E-state index contributed by atoms with van der Waals surface area (Å²) in [6.45, 7) is 4.07. The molecule has 4 atom stereocenters. The lowest BCUT2D eigenvalue weighted by molar-refractivity contribution is -0.132. The number of aliphatic hydroxyl groups excluding tert-OH is 4. The minimum atomic E-state index is -1.28. The van der Waals surface area contributed by atoms with Crippen LogP contribution in [-0.4, -0.2) is 57.3 Å². The summed E-state index contributed by atoms with van der Waals surface area (Å²) >= 11 is 0. The van der Waals surface area contributed by atoms with E-state index < -0.39 is 36.9 Å². The third-order valence-corrected chi connectivity index (χ3v) is 13.6. The zero-order valence-corrected chi connectivity index (χ0v) is 43.0. The molecule has 5 N–H and O–H groups in total. The molecule has 4 unspecified atom stereocenters. The number of nitrogens with one attached hydrogen (secondary N) is 1. The van der Waals surface area contributed by atoms with Crippen LogP contribution >= 0.6 is 0 Å². The summed E-state index contributed by atoms with van der Waals surface area (Å²) < 4.78 is 0. The van der Waals surface area contributed by atoms with Gasteiger partial charge in [0.2, 0.25) is 5.91 Å². The van der Waals surface area contributed by atoms with Crippen molar-refractivity contribution in [2.75, 3.05) is 6.61 Å². The molecule has 0 bridgehead atoms. The topological polar surface area (TPSA) is 110 Å². The van der Waals surface area contributed by atoms with Gasteiger partial charge >= 0.3 is 0 Å². The van der Waals surface area contributed by atoms with Gasteiger partial charge in [0.25, 0.3) is 0 Å². The molecule has 0 aliphatic heterocycles. The smallest absolute Gasteiger partial charge is 0.249 e. The maximum atomic E-state index is 12.6. The highest BCUT2D eigenvalue weighted by molar-refractivity contribution is 5.80. The minimum absolute atomic E-state index is 0.357. The van der Waals surface area contributed by atoms with Gasteiger partial charge in [-0.3, -0.25) is 4.79 Å². The highest BCUT2D eigenvalue weighted by Gasteiger charge is 2.28. The number of carbonyl (C=O) groups excluding carboxylic acids is 1. The van der Waals surface area contributed by atoms with E-state index in [4.69, 9.17) is 0 Å². The van der Waals surface area contributed by atoms with Crippen molar-refractivity contribution in [2.24, 2.45) is 0 Å². The Kier molecular flexibility index (Phi) is 51.8. The Bertz CT molecular complexity index is 970. The van der Waals surface area contributed by atoms with E-state index >= 15 is 0 Å². The third kappa shape index (κ3) is 45.9. The molecular formula is C58H113NO5. The van der Waals surface area contributed by atoms with Crippen molar-refractivity contribution in [3.63, 3.8) is 0 Å². The Morgan fingerprint density at radius 1 is 0.375 bits per heavy atom. The molecule has 6 heteroatoms. The molecule has 0 spiro atoms. The van der Waals surface area contributed by atoms with Crippen molar-refractivity contribution < 1.29 is 25.2 Å². The lowest BCUT2D eigenvalue weighted by atomic mass is 10.00. The second-order valence-corrected chi connectivity index (χ2v) is 20.0. The van der Waals surface area contributed by atoms with Crippen LogP contribution in [0.15, 0.2) is 24.3 Å². The number of amides is 1. The van der Waals surface area contributed by atoms with E-state index in [0.29, 0.717) is 12.8 Å². The van der Waals surface area contributed by atoms with E-state index in [2.05, 4.69) is 43.5 Å². The standard InChI is InChI=1S/C58H113NO5/c1-3-5-7-9-11-13-15-17-19-21-23-24-25-26-27-28-29-30-31-32-33-34-36-37-39-41-43-45-47-49-51-55(61)57(63)54(53-60)59-58(64)56(62)52-50-48-46-44-42-40-38-35-22-20-18-16-14-12-10-8-6-4-2/h22,35,43,45,54-57,60-63H,3-21,23-34,36-42,44,46-53H2,1-2H3,(H,59,64)/b35-22-,45-43+. The number of aliphatic hydroxyl groups is 4. The quantitative estimate of drug-likeness (QED) is 0.0308. The van der Waals surface area contributed by atoms with Crippen LogP contribution in [0.4, 0.5) is 0 Å². The van der Waals surface area contributed by atoms with E-state index in [9.17, 15) is 25.2 Å². The fraction of sp³-hybridized carbons (Fsp3) is 0.914. The van der Waals surface area contributed by atoms with Gasteiger partial charge in [0, 0.05) is 0 Å². The number of hydrogen-bond donors (Lipinski definition) is 5. The molecule has 0 aliphatic rings. The molecule has 1 amide bonds. The van der Waals surface area contributed by atoms with Gasteiger partial charge in [-0.15, -0.1) is 0 Å². The van der Waals surface area contributed by atoms with Crippen LogP contribution in [0.1, 0.15) is 309 Å². The first-order valence-electron chi connectivity index (χ1n) is 28.7. The molecule has 0 aromatic carbocycles. The molecule has 0 heterocycles. The van der Waals surface area contributed by atoms with E-state index in [1.165, 1.54) is 238 Å². The van der Waals surface area contributed by atoms with E-state index in [1.807, 2.05) is 0 Å². The van der Waals surface area contributed by atoms with Crippen LogP contribution in [-0.2, 0) is 4.79 Å². The molecular weight excluding hydrogens is 791 g/mol.